The molecule has 2 heteroatoms. The molecule has 0 fully saturated rings. The van der Waals surface area contributed by atoms with Crippen LogP contribution in [0.2, 0.25) is 0 Å². The molecule has 0 heterocycles. The zero-order valence-corrected chi connectivity index (χ0v) is 9.32. The summed E-state index contributed by atoms with van der Waals surface area (Å²) in [5.74, 6) is 0.990. The number of hydrogen-bond acceptors (Lipinski definition) is 2. The van der Waals surface area contributed by atoms with Crippen LogP contribution >= 0.6 is 11.8 Å². The van der Waals surface area contributed by atoms with E-state index in [0.29, 0.717) is 0 Å². The number of rotatable bonds is 3. The fourth-order valence-corrected chi connectivity index (χ4v) is 1.98. The van der Waals surface area contributed by atoms with Crippen LogP contribution in [0.15, 0.2) is 18.2 Å². The van der Waals surface area contributed by atoms with Crippen LogP contribution in [0.1, 0.15) is 22.7 Å². The highest BCUT2D eigenvalue weighted by Gasteiger charge is 2.08. The van der Waals surface area contributed by atoms with Gasteiger partial charge in [-0.1, -0.05) is 18.2 Å². The standard InChI is InChI=1S/C11H17NS/c1-8-5-4-6-10(9(8)2)11(12)7-13-3/h4-6,11H,7,12H2,1-3H3. The highest BCUT2D eigenvalue weighted by molar-refractivity contribution is 7.98. The van der Waals surface area contributed by atoms with Gasteiger partial charge in [-0.15, -0.1) is 0 Å². The van der Waals surface area contributed by atoms with E-state index < -0.39 is 0 Å². The summed E-state index contributed by atoms with van der Waals surface area (Å²) in [5, 5.41) is 0. The van der Waals surface area contributed by atoms with Gasteiger partial charge in [0.1, 0.15) is 0 Å². The molecule has 1 aromatic rings. The monoisotopic (exact) mass is 195 g/mol. The first-order chi connectivity index (χ1) is 6.16. The molecule has 1 nitrogen and oxygen atoms in total. The van der Waals surface area contributed by atoms with Crippen molar-refractivity contribution in [1.29, 1.82) is 0 Å². The van der Waals surface area contributed by atoms with Gasteiger partial charge in [-0.3, -0.25) is 0 Å². The number of nitrogens with two attached hydrogens (primary N) is 1. The fraction of sp³-hybridized carbons (Fsp3) is 0.455. The van der Waals surface area contributed by atoms with Crippen molar-refractivity contribution in [2.45, 2.75) is 19.9 Å². The Morgan fingerprint density at radius 3 is 2.69 bits per heavy atom. The van der Waals surface area contributed by atoms with Crippen molar-refractivity contribution in [2.75, 3.05) is 12.0 Å². The SMILES string of the molecule is CSCC(N)c1cccc(C)c1C. The third-order valence-electron chi connectivity index (χ3n) is 2.39. The van der Waals surface area contributed by atoms with E-state index in [-0.39, 0.29) is 6.04 Å². The molecular weight excluding hydrogens is 178 g/mol. The first-order valence-electron chi connectivity index (χ1n) is 4.47. The molecule has 72 valence electrons. The second-order valence-corrected chi connectivity index (χ2v) is 4.26. The van der Waals surface area contributed by atoms with Crippen molar-refractivity contribution in [2.24, 2.45) is 5.73 Å². The predicted molar refractivity (Wildman–Crippen MR) is 61.2 cm³/mol. The summed E-state index contributed by atoms with van der Waals surface area (Å²) in [6.07, 6.45) is 2.09. The molecule has 1 unspecified atom stereocenters. The highest BCUT2D eigenvalue weighted by atomic mass is 32.2. The lowest BCUT2D eigenvalue weighted by Crippen LogP contribution is -2.14. The average Bonchev–Trinajstić information content (AvgIpc) is 2.10. The smallest absolute Gasteiger partial charge is 0.0389 e. The van der Waals surface area contributed by atoms with Crippen molar-refractivity contribution >= 4 is 11.8 Å². The van der Waals surface area contributed by atoms with E-state index in [2.05, 4.69) is 38.3 Å². The van der Waals surface area contributed by atoms with Crippen molar-refractivity contribution in [3.63, 3.8) is 0 Å². The third kappa shape index (κ3) is 2.48. The van der Waals surface area contributed by atoms with Crippen LogP contribution in [0.3, 0.4) is 0 Å². The normalized spacial score (nSPS) is 12.9. The molecule has 0 spiro atoms. The molecule has 0 aliphatic rings. The van der Waals surface area contributed by atoms with E-state index in [9.17, 15) is 0 Å². The summed E-state index contributed by atoms with van der Waals surface area (Å²) in [5.41, 5.74) is 10.0. The Kier molecular flexibility index (Phi) is 3.82. The van der Waals surface area contributed by atoms with Crippen LogP contribution in [0.5, 0.6) is 0 Å². The van der Waals surface area contributed by atoms with Crippen LogP contribution < -0.4 is 5.73 Å². The molecule has 0 saturated carbocycles. The van der Waals surface area contributed by atoms with Crippen molar-refractivity contribution in [1.82, 2.24) is 0 Å². The Balaban J connectivity index is 2.93. The molecule has 1 aromatic carbocycles. The van der Waals surface area contributed by atoms with Crippen molar-refractivity contribution < 1.29 is 0 Å². The Morgan fingerprint density at radius 2 is 2.08 bits per heavy atom. The lowest BCUT2D eigenvalue weighted by atomic mass is 9.99. The molecule has 1 atom stereocenters. The largest absolute Gasteiger partial charge is 0.323 e. The predicted octanol–water partition coefficient (Wildman–Crippen LogP) is 2.67. The maximum absolute atomic E-state index is 6.05. The van der Waals surface area contributed by atoms with Gasteiger partial charge in [0, 0.05) is 11.8 Å². The minimum Gasteiger partial charge on any atom is -0.323 e. The molecule has 2 N–H and O–H groups in total. The molecule has 0 saturated heterocycles. The summed E-state index contributed by atoms with van der Waals surface area (Å²) in [6.45, 7) is 4.27. The highest BCUT2D eigenvalue weighted by Crippen LogP contribution is 2.20. The van der Waals surface area contributed by atoms with E-state index in [1.54, 1.807) is 11.8 Å². The molecule has 13 heavy (non-hydrogen) atoms. The molecule has 0 aromatic heterocycles. The molecule has 0 aliphatic heterocycles. The maximum Gasteiger partial charge on any atom is 0.0389 e. The van der Waals surface area contributed by atoms with Gasteiger partial charge in [0.05, 0.1) is 0 Å². The number of benzene rings is 1. The van der Waals surface area contributed by atoms with Gasteiger partial charge in [-0.05, 0) is 36.8 Å². The van der Waals surface area contributed by atoms with E-state index in [0.717, 1.165) is 5.75 Å². The third-order valence-corrected chi connectivity index (χ3v) is 3.08. The van der Waals surface area contributed by atoms with E-state index >= 15 is 0 Å². The van der Waals surface area contributed by atoms with Gasteiger partial charge in [0.25, 0.3) is 0 Å². The second kappa shape index (κ2) is 4.68. The first-order valence-corrected chi connectivity index (χ1v) is 5.87. The summed E-state index contributed by atoms with van der Waals surface area (Å²) in [4.78, 5) is 0. The summed E-state index contributed by atoms with van der Waals surface area (Å²) >= 11 is 1.79. The maximum atomic E-state index is 6.05. The number of hydrogen-bond donors (Lipinski definition) is 1. The van der Waals surface area contributed by atoms with Gasteiger partial charge in [-0.2, -0.15) is 11.8 Å². The van der Waals surface area contributed by atoms with Crippen LogP contribution in [-0.2, 0) is 0 Å². The van der Waals surface area contributed by atoms with Gasteiger partial charge in [-0.25, -0.2) is 0 Å². The van der Waals surface area contributed by atoms with Gasteiger partial charge in [0.2, 0.25) is 0 Å². The summed E-state index contributed by atoms with van der Waals surface area (Å²) in [7, 11) is 0. The number of aryl methyl sites for hydroxylation is 1. The minimum absolute atomic E-state index is 0.176. The average molecular weight is 195 g/mol. The molecule has 0 bridgehead atoms. The molecule has 0 radical (unpaired) electrons. The van der Waals surface area contributed by atoms with Gasteiger partial charge >= 0.3 is 0 Å². The lowest BCUT2D eigenvalue weighted by Gasteiger charge is -2.14. The quantitative estimate of drug-likeness (QED) is 0.802. The fourth-order valence-electron chi connectivity index (χ4n) is 1.44. The molecular formula is C11H17NS. The minimum atomic E-state index is 0.176. The van der Waals surface area contributed by atoms with Crippen LogP contribution in [-0.4, -0.2) is 12.0 Å². The van der Waals surface area contributed by atoms with Crippen LogP contribution in [0, 0.1) is 13.8 Å². The zero-order chi connectivity index (χ0) is 9.84. The van der Waals surface area contributed by atoms with Crippen LogP contribution in [0.25, 0.3) is 0 Å². The Labute approximate surface area is 84.7 Å². The molecule has 0 aliphatic carbocycles. The van der Waals surface area contributed by atoms with Gasteiger partial charge < -0.3 is 5.73 Å². The van der Waals surface area contributed by atoms with Crippen molar-refractivity contribution in [3.05, 3.63) is 34.9 Å². The summed E-state index contributed by atoms with van der Waals surface area (Å²) < 4.78 is 0. The van der Waals surface area contributed by atoms with Gasteiger partial charge in [0.15, 0.2) is 0 Å². The lowest BCUT2D eigenvalue weighted by molar-refractivity contribution is 0.821. The Morgan fingerprint density at radius 1 is 1.38 bits per heavy atom. The molecule has 1 rings (SSSR count). The van der Waals surface area contributed by atoms with E-state index in [1.165, 1.54) is 16.7 Å². The van der Waals surface area contributed by atoms with Crippen LogP contribution in [0.4, 0.5) is 0 Å². The van der Waals surface area contributed by atoms with E-state index in [1.807, 2.05) is 0 Å². The van der Waals surface area contributed by atoms with E-state index in [4.69, 9.17) is 5.73 Å². The molecule has 0 amide bonds. The second-order valence-electron chi connectivity index (χ2n) is 3.35. The zero-order valence-electron chi connectivity index (χ0n) is 8.50. The Bertz CT molecular complexity index is 283. The topological polar surface area (TPSA) is 26.0 Å². The number of thioether (sulfide) groups is 1. The van der Waals surface area contributed by atoms with Crippen molar-refractivity contribution in [3.8, 4) is 0 Å². The first kappa shape index (κ1) is 10.6. The Hall–Kier alpha value is -0.470. The summed E-state index contributed by atoms with van der Waals surface area (Å²) in [6, 6.07) is 6.51.